The van der Waals surface area contributed by atoms with Crippen LogP contribution in [0.1, 0.15) is 48.7 Å². The molecule has 0 saturated heterocycles. The van der Waals surface area contributed by atoms with Gasteiger partial charge in [-0.15, -0.1) is 0 Å². The monoisotopic (exact) mass is 332 g/mol. The lowest BCUT2D eigenvalue weighted by atomic mass is 10.0. The highest BCUT2D eigenvalue weighted by Crippen LogP contribution is 2.35. The van der Waals surface area contributed by atoms with Crippen LogP contribution < -0.4 is 5.56 Å². The van der Waals surface area contributed by atoms with Crippen LogP contribution in [0, 0.1) is 0 Å². The first-order valence-electron chi connectivity index (χ1n) is 7.06. The largest absolute Gasteiger partial charge is 0.309 e. The molecule has 1 saturated carbocycles. The van der Waals surface area contributed by atoms with E-state index in [1.807, 2.05) is 18.2 Å². The van der Waals surface area contributed by atoms with Gasteiger partial charge >= 0.3 is 0 Å². The fourth-order valence-corrected chi connectivity index (χ4v) is 3.38. The molecule has 0 radical (unpaired) electrons. The standard InChI is InChI=1S/C16H17BrN2O/c17-14-15(12-8-4-5-9-12)18-13(19-16(14)20)10-11-6-2-1-3-7-11/h1-3,6-7,12H,4-5,8-10H2,(H,18,19,20). The molecule has 0 atom stereocenters. The maximum atomic E-state index is 12.1. The molecule has 0 aliphatic heterocycles. The first kappa shape index (κ1) is 13.6. The van der Waals surface area contributed by atoms with Crippen LogP contribution in [0.4, 0.5) is 0 Å². The molecule has 1 heterocycles. The van der Waals surface area contributed by atoms with Gasteiger partial charge in [-0.25, -0.2) is 4.98 Å². The van der Waals surface area contributed by atoms with Crippen LogP contribution >= 0.6 is 15.9 Å². The van der Waals surface area contributed by atoms with Crippen LogP contribution in [0.3, 0.4) is 0 Å². The lowest BCUT2D eigenvalue weighted by Gasteiger charge is -2.12. The number of aromatic amines is 1. The summed E-state index contributed by atoms with van der Waals surface area (Å²) in [5.41, 5.74) is 2.04. The Balaban J connectivity index is 1.94. The zero-order valence-corrected chi connectivity index (χ0v) is 12.8. The highest BCUT2D eigenvalue weighted by atomic mass is 79.9. The molecule has 1 aliphatic carbocycles. The summed E-state index contributed by atoms with van der Waals surface area (Å²) < 4.78 is 0.612. The van der Waals surface area contributed by atoms with Crippen molar-refractivity contribution in [1.82, 2.24) is 9.97 Å². The summed E-state index contributed by atoms with van der Waals surface area (Å²) >= 11 is 3.40. The number of nitrogens with one attached hydrogen (secondary N) is 1. The van der Waals surface area contributed by atoms with Crippen LogP contribution in [-0.2, 0) is 6.42 Å². The summed E-state index contributed by atoms with van der Waals surface area (Å²) in [5, 5.41) is 0. The van der Waals surface area contributed by atoms with Crippen molar-refractivity contribution in [2.24, 2.45) is 0 Å². The number of halogens is 1. The van der Waals surface area contributed by atoms with Gasteiger partial charge in [0.2, 0.25) is 0 Å². The normalized spacial score (nSPS) is 15.7. The van der Waals surface area contributed by atoms with Crippen molar-refractivity contribution in [2.45, 2.75) is 38.0 Å². The maximum Gasteiger partial charge on any atom is 0.265 e. The molecule has 3 rings (SSSR count). The molecule has 20 heavy (non-hydrogen) atoms. The lowest BCUT2D eigenvalue weighted by Crippen LogP contribution is -2.17. The minimum absolute atomic E-state index is 0.0622. The molecule has 2 aromatic rings. The molecule has 104 valence electrons. The van der Waals surface area contributed by atoms with Crippen molar-refractivity contribution in [1.29, 1.82) is 0 Å². The number of H-pyrrole nitrogens is 1. The van der Waals surface area contributed by atoms with Gasteiger partial charge in [0.05, 0.1) is 5.69 Å². The molecular formula is C16H17BrN2O. The number of hydrogen-bond donors (Lipinski definition) is 1. The summed E-state index contributed by atoms with van der Waals surface area (Å²) in [4.78, 5) is 19.6. The van der Waals surface area contributed by atoms with Crippen LogP contribution in [0.5, 0.6) is 0 Å². The minimum atomic E-state index is -0.0622. The summed E-state index contributed by atoms with van der Waals surface area (Å²) in [6.45, 7) is 0. The minimum Gasteiger partial charge on any atom is -0.309 e. The highest BCUT2D eigenvalue weighted by Gasteiger charge is 2.22. The average Bonchev–Trinajstić information content (AvgIpc) is 2.98. The molecule has 1 aromatic carbocycles. The van der Waals surface area contributed by atoms with Gasteiger partial charge in [0, 0.05) is 12.3 Å². The predicted octanol–water partition coefficient (Wildman–Crippen LogP) is 3.78. The van der Waals surface area contributed by atoms with Gasteiger partial charge in [-0.1, -0.05) is 43.2 Å². The molecule has 1 aromatic heterocycles. The highest BCUT2D eigenvalue weighted by molar-refractivity contribution is 9.10. The van der Waals surface area contributed by atoms with Crippen molar-refractivity contribution < 1.29 is 0 Å². The van der Waals surface area contributed by atoms with Gasteiger partial charge in [-0.3, -0.25) is 4.79 Å². The van der Waals surface area contributed by atoms with Crippen molar-refractivity contribution >= 4 is 15.9 Å². The number of nitrogens with zero attached hydrogens (tertiary/aromatic N) is 1. The Kier molecular flexibility index (Phi) is 4.01. The SMILES string of the molecule is O=c1[nH]c(Cc2ccccc2)nc(C2CCCC2)c1Br. The zero-order valence-electron chi connectivity index (χ0n) is 11.2. The van der Waals surface area contributed by atoms with E-state index >= 15 is 0 Å². The number of benzene rings is 1. The number of aromatic nitrogens is 2. The zero-order chi connectivity index (χ0) is 13.9. The van der Waals surface area contributed by atoms with E-state index in [9.17, 15) is 4.79 Å². The third-order valence-electron chi connectivity index (χ3n) is 3.89. The van der Waals surface area contributed by atoms with E-state index in [2.05, 4.69) is 33.0 Å². The predicted molar refractivity (Wildman–Crippen MR) is 83.0 cm³/mol. The molecule has 3 nitrogen and oxygen atoms in total. The van der Waals surface area contributed by atoms with Gasteiger partial charge in [0.25, 0.3) is 5.56 Å². The molecule has 1 fully saturated rings. The summed E-state index contributed by atoms with van der Waals surface area (Å²) in [6, 6.07) is 10.1. The van der Waals surface area contributed by atoms with Gasteiger partial charge < -0.3 is 4.98 Å². The Labute approximate surface area is 126 Å². The molecule has 4 heteroatoms. The molecular weight excluding hydrogens is 316 g/mol. The number of rotatable bonds is 3. The van der Waals surface area contributed by atoms with E-state index in [0.29, 0.717) is 16.8 Å². The van der Waals surface area contributed by atoms with E-state index in [-0.39, 0.29) is 5.56 Å². The Morgan fingerprint density at radius 2 is 1.90 bits per heavy atom. The second kappa shape index (κ2) is 5.92. The van der Waals surface area contributed by atoms with Crippen molar-refractivity contribution in [3.8, 4) is 0 Å². The topological polar surface area (TPSA) is 45.8 Å². The molecule has 0 amide bonds. The Hall–Kier alpha value is -1.42. The summed E-state index contributed by atoms with van der Waals surface area (Å²) in [5.74, 6) is 1.19. The smallest absolute Gasteiger partial charge is 0.265 e. The van der Waals surface area contributed by atoms with Gasteiger partial charge in [-0.05, 0) is 34.3 Å². The molecule has 0 bridgehead atoms. The fourth-order valence-electron chi connectivity index (χ4n) is 2.87. The van der Waals surface area contributed by atoms with E-state index in [4.69, 9.17) is 4.98 Å². The first-order valence-corrected chi connectivity index (χ1v) is 7.86. The van der Waals surface area contributed by atoms with Gasteiger partial charge in [0.15, 0.2) is 0 Å². The molecule has 0 unspecified atom stereocenters. The fraction of sp³-hybridized carbons (Fsp3) is 0.375. The first-order chi connectivity index (χ1) is 9.74. The van der Waals surface area contributed by atoms with Gasteiger partial charge in [-0.2, -0.15) is 0 Å². The second-order valence-electron chi connectivity index (χ2n) is 5.36. The Bertz CT molecular complexity index is 645. The quantitative estimate of drug-likeness (QED) is 0.929. The Morgan fingerprint density at radius 3 is 2.60 bits per heavy atom. The molecule has 1 N–H and O–H groups in total. The van der Waals surface area contributed by atoms with Crippen LogP contribution in [-0.4, -0.2) is 9.97 Å². The molecule has 0 spiro atoms. The van der Waals surface area contributed by atoms with Crippen molar-refractivity contribution in [3.63, 3.8) is 0 Å². The third-order valence-corrected chi connectivity index (χ3v) is 4.66. The van der Waals surface area contributed by atoms with Crippen LogP contribution in [0.2, 0.25) is 0 Å². The van der Waals surface area contributed by atoms with E-state index in [1.54, 1.807) is 0 Å². The van der Waals surface area contributed by atoms with Crippen LogP contribution in [0.15, 0.2) is 39.6 Å². The maximum absolute atomic E-state index is 12.1. The lowest BCUT2D eigenvalue weighted by molar-refractivity contribution is 0.677. The molecule has 1 aliphatic rings. The third kappa shape index (κ3) is 2.85. The van der Waals surface area contributed by atoms with E-state index in [0.717, 1.165) is 29.9 Å². The van der Waals surface area contributed by atoms with Crippen LogP contribution in [0.25, 0.3) is 0 Å². The number of hydrogen-bond acceptors (Lipinski definition) is 2. The van der Waals surface area contributed by atoms with Gasteiger partial charge in [0.1, 0.15) is 10.3 Å². The summed E-state index contributed by atoms with van der Waals surface area (Å²) in [7, 11) is 0. The average molecular weight is 333 g/mol. The van der Waals surface area contributed by atoms with E-state index < -0.39 is 0 Å². The Morgan fingerprint density at radius 1 is 1.20 bits per heavy atom. The van der Waals surface area contributed by atoms with Crippen molar-refractivity contribution in [2.75, 3.05) is 0 Å². The van der Waals surface area contributed by atoms with E-state index in [1.165, 1.54) is 12.8 Å². The van der Waals surface area contributed by atoms with Crippen molar-refractivity contribution in [3.05, 3.63) is 62.2 Å². The summed E-state index contributed by atoms with van der Waals surface area (Å²) in [6.07, 6.45) is 5.42. The second-order valence-corrected chi connectivity index (χ2v) is 6.15.